The van der Waals surface area contributed by atoms with Crippen LogP contribution in [0.3, 0.4) is 0 Å². The molecule has 128 valence electrons. The molecule has 0 aliphatic heterocycles. The molecule has 0 aliphatic rings. The fraction of sp³-hybridized carbons (Fsp3) is 0.211. The van der Waals surface area contributed by atoms with Crippen LogP contribution in [0.15, 0.2) is 41.3 Å². The summed E-state index contributed by atoms with van der Waals surface area (Å²) >= 11 is 1.52. The molecule has 2 aromatic carbocycles. The van der Waals surface area contributed by atoms with Gasteiger partial charge in [0.25, 0.3) is 0 Å². The zero-order valence-electron chi connectivity index (χ0n) is 14.5. The van der Waals surface area contributed by atoms with Crippen LogP contribution in [-0.2, 0) is 9.84 Å². The first-order valence-electron chi connectivity index (χ1n) is 7.95. The normalized spacial score (nSPS) is 12.3. The molecule has 2 aromatic heterocycles. The second-order valence-electron chi connectivity index (χ2n) is 6.47. The molecule has 0 fully saturated rings. The van der Waals surface area contributed by atoms with Crippen LogP contribution in [0.2, 0.25) is 0 Å². The topological polar surface area (TPSA) is 51.4 Å². The maximum atomic E-state index is 11.8. The van der Waals surface area contributed by atoms with E-state index in [-0.39, 0.29) is 0 Å². The van der Waals surface area contributed by atoms with Gasteiger partial charge in [0.2, 0.25) is 0 Å². The Labute approximate surface area is 150 Å². The first-order chi connectivity index (χ1) is 11.8. The smallest absolute Gasteiger partial charge is 0.195 e. The molecule has 0 saturated heterocycles. The molecule has 0 saturated carbocycles. The monoisotopic (exact) mass is 370 g/mol. The fourth-order valence-corrected chi connectivity index (χ4v) is 4.91. The lowest BCUT2D eigenvalue weighted by molar-refractivity contribution is 0.602. The molecular weight excluding hydrogens is 352 g/mol. The lowest BCUT2D eigenvalue weighted by atomic mass is 10.0. The second-order valence-corrected chi connectivity index (χ2v) is 9.49. The first-order valence-corrected chi connectivity index (χ1v) is 10.7. The van der Waals surface area contributed by atoms with Crippen LogP contribution in [0.5, 0.6) is 0 Å². The highest BCUT2D eigenvalue weighted by Gasteiger charge is 2.17. The highest BCUT2D eigenvalue weighted by atomic mass is 32.2. The van der Waals surface area contributed by atoms with Crippen molar-refractivity contribution in [3.63, 3.8) is 0 Å². The predicted octanol–water partition coefficient (Wildman–Crippen LogP) is 4.54. The Morgan fingerprint density at radius 2 is 1.76 bits per heavy atom. The van der Waals surface area contributed by atoms with E-state index >= 15 is 0 Å². The maximum Gasteiger partial charge on any atom is 0.195 e. The summed E-state index contributed by atoms with van der Waals surface area (Å²) in [6.45, 7) is 6.26. The summed E-state index contributed by atoms with van der Waals surface area (Å²) in [6, 6.07) is 11.7. The summed E-state index contributed by atoms with van der Waals surface area (Å²) in [4.78, 5) is 6.04. The SMILES string of the molecule is Cc1ccc(-c2nc3sc4cc(S(C)(=O)=O)ccc4n3c2C)cc1C. The van der Waals surface area contributed by atoms with Gasteiger partial charge in [-0.25, -0.2) is 13.4 Å². The van der Waals surface area contributed by atoms with E-state index in [9.17, 15) is 8.42 Å². The van der Waals surface area contributed by atoms with Crippen molar-refractivity contribution in [3.05, 3.63) is 53.2 Å². The van der Waals surface area contributed by atoms with Gasteiger partial charge in [0.15, 0.2) is 14.8 Å². The fourth-order valence-electron chi connectivity index (χ4n) is 3.08. The lowest BCUT2D eigenvalue weighted by Crippen LogP contribution is -1.96. The number of fused-ring (bicyclic) bond motifs is 3. The van der Waals surface area contributed by atoms with Gasteiger partial charge in [0.05, 0.1) is 20.8 Å². The number of aromatic nitrogens is 2. The Morgan fingerprint density at radius 3 is 2.44 bits per heavy atom. The standard InChI is InChI=1S/C19H18N2O2S2/c1-11-5-6-14(9-12(11)2)18-13(3)21-16-8-7-15(25(4,22)23)10-17(16)24-19(21)20-18/h5-10H,1-4H3. The van der Waals surface area contributed by atoms with Crippen molar-refractivity contribution in [2.24, 2.45) is 0 Å². The lowest BCUT2D eigenvalue weighted by Gasteiger charge is -2.04. The minimum Gasteiger partial charge on any atom is -0.287 e. The van der Waals surface area contributed by atoms with E-state index in [4.69, 9.17) is 4.98 Å². The predicted molar refractivity (Wildman–Crippen MR) is 103 cm³/mol. The van der Waals surface area contributed by atoms with Crippen molar-refractivity contribution in [2.75, 3.05) is 6.26 Å². The van der Waals surface area contributed by atoms with Crippen LogP contribution in [-0.4, -0.2) is 24.1 Å². The summed E-state index contributed by atoms with van der Waals surface area (Å²) in [5, 5.41) is 0. The second kappa shape index (κ2) is 5.41. The van der Waals surface area contributed by atoms with Gasteiger partial charge in [-0.1, -0.05) is 23.5 Å². The highest BCUT2D eigenvalue weighted by molar-refractivity contribution is 7.90. The maximum absolute atomic E-state index is 11.8. The molecule has 0 atom stereocenters. The average molecular weight is 370 g/mol. The summed E-state index contributed by atoms with van der Waals surface area (Å²) in [5.74, 6) is 0. The number of thiazole rings is 1. The summed E-state index contributed by atoms with van der Waals surface area (Å²) in [6.07, 6.45) is 1.23. The van der Waals surface area contributed by atoms with Crippen LogP contribution >= 0.6 is 11.3 Å². The van der Waals surface area contributed by atoms with Crippen molar-refractivity contribution < 1.29 is 8.42 Å². The van der Waals surface area contributed by atoms with Crippen molar-refractivity contribution in [1.29, 1.82) is 0 Å². The van der Waals surface area contributed by atoms with Crippen molar-refractivity contribution >= 4 is 36.4 Å². The number of rotatable bonds is 2. The molecule has 0 unspecified atom stereocenters. The number of benzene rings is 2. The largest absolute Gasteiger partial charge is 0.287 e. The van der Waals surface area contributed by atoms with E-state index < -0.39 is 9.84 Å². The molecule has 0 radical (unpaired) electrons. The average Bonchev–Trinajstić information content (AvgIpc) is 3.05. The zero-order valence-corrected chi connectivity index (χ0v) is 16.1. The molecule has 4 rings (SSSR count). The van der Waals surface area contributed by atoms with Crippen LogP contribution in [0.25, 0.3) is 26.4 Å². The number of aryl methyl sites for hydroxylation is 3. The van der Waals surface area contributed by atoms with Crippen molar-refractivity contribution in [2.45, 2.75) is 25.7 Å². The number of hydrogen-bond acceptors (Lipinski definition) is 4. The van der Waals surface area contributed by atoms with E-state index in [2.05, 4.69) is 43.4 Å². The molecule has 0 aliphatic carbocycles. The minimum atomic E-state index is -3.21. The van der Waals surface area contributed by atoms with Gasteiger partial charge in [-0.05, 0) is 56.2 Å². The summed E-state index contributed by atoms with van der Waals surface area (Å²) in [7, 11) is -3.21. The quantitative estimate of drug-likeness (QED) is 0.520. The molecule has 0 bridgehead atoms. The van der Waals surface area contributed by atoms with Crippen molar-refractivity contribution in [3.8, 4) is 11.3 Å². The van der Waals surface area contributed by atoms with E-state index in [1.54, 1.807) is 12.1 Å². The Kier molecular flexibility index (Phi) is 3.53. The highest BCUT2D eigenvalue weighted by Crippen LogP contribution is 2.34. The van der Waals surface area contributed by atoms with Crippen molar-refractivity contribution in [1.82, 2.24) is 9.38 Å². The zero-order chi connectivity index (χ0) is 17.9. The molecule has 2 heterocycles. The Bertz CT molecular complexity index is 1250. The van der Waals surface area contributed by atoms with Crippen LogP contribution < -0.4 is 0 Å². The molecule has 0 N–H and O–H groups in total. The van der Waals surface area contributed by atoms with Crippen LogP contribution in [0.4, 0.5) is 0 Å². The molecule has 6 heteroatoms. The van der Waals surface area contributed by atoms with Crippen LogP contribution in [0, 0.1) is 20.8 Å². The summed E-state index contributed by atoms with van der Waals surface area (Å²) in [5.41, 5.74) is 6.65. The number of hydrogen-bond donors (Lipinski definition) is 0. The van der Waals surface area contributed by atoms with Gasteiger partial charge >= 0.3 is 0 Å². The van der Waals surface area contributed by atoms with E-state index in [1.165, 1.54) is 28.7 Å². The minimum absolute atomic E-state index is 0.344. The van der Waals surface area contributed by atoms with Gasteiger partial charge < -0.3 is 0 Å². The number of sulfone groups is 1. The van der Waals surface area contributed by atoms with Gasteiger partial charge in [-0.3, -0.25) is 4.40 Å². The van der Waals surface area contributed by atoms with Gasteiger partial charge in [-0.15, -0.1) is 0 Å². The molecule has 25 heavy (non-hydrogen) atoms. The third-order valence-electron chi connectivity index (χ3n) is 4.66. The number of imidazole rings is 1. The third-order valence-corrected chi connectivity index (χ3v) is 6.77. The number of nitrogens with zero attached hydrogens (tertiary/aromatic N) is 2. The van der Waals surface area contributed by atoms with Gasteiger partial charge in [0.1, 0.15) is 0 Å². The first kappa shape index (κ1) is 16.3. The Balaban J connectivity index is 1.95. The third kappa shape index (κ3) is 2.56. The Morgan fingerprint density at radius 1 is 1.00 bits per heavy atom. The summed E-state index contributed by atoms with van der Waals surface area (Å²) < 4.78 is 26.6. The van der Waals surface area contributed by atoms with E-state index in [0.29, 0.717) is 4.90 Å². The van der Waals surface area contributed by atoms with Crippen LogP contribution in [0.1, 0.15) is 16.8 Å². The molecule has 4 aromatic rings. The van der Waals surface area contributed by atoms with Gasteiger partial charge in [0, 0.05) is 17.5 Å². The molecule has 4 nitrogen and oxygen atoms in total. The molecule has 0 spiro atoms. The molecular formula is C19H18N2O2S2. The van der Waals surface area contributed by atoms with E-state index in [0.717, 1.165) is 32.1 Å². The molecule has 0 amide bonds. The van der Waals surface area contributed by atoms with E-state index in [1.807, 2.05) is 6.07 Å². The Hall–Kier alpha value is -2.18. The van der Waals surface area contributed by atoms with Gasteiger partial charge in [-0.2, -0.15) is 0 Å².